The van der Waals surface area contributed by atoms with Gasteiger partial charge in [-0.25, -0.2) is 4.79 Å². The number of fused-ring (bicyclic) bond motifs is 1. The topological polar surface area (TPSA) is 81.4 Å². The third-order valence-corrected chi connectivity index (χ3v) is 4.22. The van der Waals surface area contributed by atoms with Gasteiger partial charge < -0.3 is 15.8 Å². The van der Waals surface area contributed by atoms with Crippen molar-refractivity contribution in [2.75, 3.05) is 6.61 Å². The number of esters is 1. The van der Waals surface area contributed by atoms with Gasteiger partial charge in [0.1, 0.15) is 12.6 Å². The maximum absolute atomic E-state index is 12.5. The van der Waals surface area contributed by atoms with Gasteiger partial charge in [-0.15, -0.1) is 0 Å². The molecule has 26 heavy (non-hydrogen) atoms. The second kappa shape index (κ2) is 9.15. The molecular formula is C21H26N2O3. The summed E-state index contributed by atoms with van der Waals surface area (Å²) in [5, 5.41) is 4.90. The molecule has 2 atom stereocenters. The van der Waals surface area contributed by atoms with Crippen LogP contribution in [0.4, 0.5) is 0 Å². The van der Waals surface area contributed by atoms with E-state index in [1.165, 1.54) is 6.08 Å². The number of nitrogens with two attached hydrogens (primary N) is 1. The summed E-state index contributed by atoms with van der Waals surface area (Å²) in [5.74, 6) is -0.959. The minimum atomic E-state index is -0.755. The van der Waals surface area contributed by atoms with Crippen LogP contribution in [0.15, 0.2) is 55.1 Å². The SMILES string of the molecule is C=CCOC(=O)[C@@H](NC(=O)C(N)Cc1cccc2ccccc12)C(C)C. The summed E-state index contributed by atoms with van der Waals surface area (Å²) in [7, 11) is 0. The second-order valence-corrected chi connectivity index (χ2v) is 6.60. The molecule has 2 rings (SSSR count). The largest absolute Gasteiger partial charge is 0.460 e. The molecule has 0 aliphatic carbocycles. The van der Waals surface area contributed by atoms with Crippen molar-refractivity contribution >= 4 is 22.6 Å². The Morgan fingerprint density at radius 1 is 1.19 bits per heavy atom. The van der Waals surface area contributed by atoms with Crippen molar-refractivity contribution in [1.29, 1.82) is 0 Å². The smallest absolute Gasteiger partial charge is 0.329 e. The highest BCUT2D eigenvalue weighted by atomic mass is 16.5. The number of rotatable bonds is 8. The Kier molecular flexibility index (Phi) is 6.92. The molecule has 0 radical (unpaired) electrons. The van der Waals surface area contributed by atoms with Gasteiger partial charge in [0.05, 0.1) is 6.04 Å². The van der Waals surface area contributed by atoms with E-state index in [-0.39, 0.29) is 18.4 Å². The van der Waals surface area contributed by atoms with Crippen LogP contribution in [0, 0.1) is 5.92 Å². The molecule has 0 aliphatic heterocycles. The summed E-state index contributed by atoms with van der Waals surface area (Å²) < 4.78 is 5.06. The van der Waals surface area contributed by atoms with E-state index >= 15 is 0 Å². The van der Waals surface area contributed by atoms with Crippen LogP contribution in [0.5, 0.6) is 0 Å². The Morgan fingerprint density at radius 3 is 2.58 bits per heavy atom. The van der Waals surface area contributed by atoms with Crippen LogP contribution < -0.4 is 11.1 Å². The van der Waals surface area contributed by atoms with Gasteiger partial charge in [-0.2, -0.15) is 0 Å². The van der Waals surface area contributed by atoms with E-state index in [2.05, 4.69) is 11.9 Å². The first-order chi connectivity index (χ1) is 12.4. The number of benzene rings is 2. The molecule has 0 saturated heterocycles. The molecule has 0 saturated carbocycles. The highest BCUT2D eigenvalue weighted by molar-refractivity contribution is 5.89. The normalized spacial score (nSPS) is 13.2. The van der Waals surface area contributed by atoms with Crippen molar-refractivity contribution < 1.29 is 14.3 Å². The van der Waals surface area contributed by atoms with Crippen molar-refractivity contribution in [2.45, 2.75) is 32.4 Å². The first-order valence-electron chi connectivity index (χ1n) is 8.74. The number of nitrogens with one attached hydrogen (secondary N) is 1. The minimum Gasteiger partial charge on any atom is -0.460 e. The first kappa shape index (κ1) is 19.7. The molecule has 2 aromatic carbocycles. The van der Waals surface area contributed by atoms with Gasteiger partial charge in [-0.1, -0.05) is 69.0 Å². The first-order valence-corrected chi connectivity index (χ1v) is 8.74. The fourth-order valence-electron chi connectivity index (χ4n) is 2.79. The van der Waals surface area contributed by atoms with Gasteiger partial charge in [0, 0.05) is 0 Å². The maximum atomic E-state index is 12.5. The zero-order valence-electron chi connectivity index (χ0n) is 15.3. The number of amides is 1. The van der Waals surface area contributed by atoms with Crippen molar-refractivity contribution in [3.8, 4) is 0 Å². The molecule has 0 bridgehead atoms. The highest BCUT2D eigenvalue weighted by Crippen LogP contribution is 2.19. The minimum absolute atomic E-state index is 0.110. The van der Waals surface area contributed by atoms with Crippen molar-refractivity contribution in [3.05, 3.63) is 60.7 Å². The standard InChI is InChI=1S/C21H26N2O3/c1-4-12-26-21(25)19(14(2)3)23-20(24)18(22)13-16-10-7-9-15-8-5-6-11-17(15)16/h4-11,14,18-19H,1,12-13,22H2,2-3H3,(H,23,24)/t18?,19-/m0/s1. The van der Waals surface area contributed by atoms with E-state index < -0.39 is 18.1 Å². The third-order valence-electron chi connectivity index (χ3n) is 4.22. The van der Waals surface area contributed by atoms with E-state index in [0.29, 0.717) is 6.42 Å². The van der Waals surface area contributed by atoms with Crippen LogP contribution in [0.25, 0.3) is 10.8 Å². The summed E-state index contributed by atoms with van der Waals surface area (Å²) in [5.41, 5.74) is 7.11. The molecule has 0 spiro atoms. The fraction of sp³-hybridized carbons (Fsp3) is 0.333. The zero-order valence-corrected chi connectivity index (χ0v) is 15.3. The van der Waals surface area contributed by atoms with E-state index in [9.17, 15) is 9.59 Å². The number of ether oxygens (including phenoxy) is 1. The maximum Gasteiger partial charge on any atom is 0.329 e. The Morgan fingerprint density at radius 2 is 1.88 bits per heavy atom. The summed E-state index contributed by atoms with van der Waals surface area (Å²) in [6.07, 6.45) is 1.88. The fourth-order valence-corrected chi connectivity index (χ4v) is 2.79. The van der Waals surface area contributed by atoms with E-state index in [4.69, 9.17) is 10.5 Å². The number of carbonyl (C=O) groups excluding carboxylic acids is 2. The van der Waals surface area contributed by atoms with Gasteiger partial charge in [0.2, 0.25) is 5.91 Å². The molecule has 1 unspecified atom stereocenters. The highest BCUT2D eigenvalue weighted by Gasteiger charge is 2.27. The molecule has 0 heterocycles. The number of hydrogen-bond acceptors (Lipinski definition) is 4. The molecule has 3 N–H and O–H groups in total. The lowest BCUT2D eigenvalue weighted by Gasteiger charge is -2.22. The molecule has 0 aliphatic rings. The lowest BCUT2D eigenvalue weighted by molar-refractivity contribution is -0.148. The van der Waals surface area contributed by atoms with Crippen LogP contribution >= 0.6 is 0 Å². The average Bonchev–Trinajstić information content (AvgIpc) is 2.63. The summed E-state index contributed by atoms with van der Waals surface area (Å²) in [6.45, 7) is 7.31. The van der Waals surface area contributed by atoms with Gasteiger partial charge in [0.15, 0.2) is 0 Å². The van der Waals surface area contributed by atoms with Crippen molar-refractivity contribution in [1.82, 2.24) is 5.32 Å². The van der Waals surface area contributed by atoms with Gasteiger partial charge >= 0.3 is 5.97 Å². The Hall–Kier alpha value is -2.66. The van der Waals surface area contributed by atoms with Crippen LogP contribution in [0.2, 0.25) is 0 Å². The molecule has 138 valence electrons. The lowest BCUT2D eigenvalue weighted by Crippen LogP contribution is -2.51. The molecular weight excluding hydrogens is 328 g/mol. The average molecular weight is 354 g/mol. The predicted molar refractivity (Wildman–Crippen MR) is 104 cm³/mol. The van der Waals surface area contributed by atoms with Gasteiger partial charge in [0.25, 0.3) is 0 Å². The van der Waals surface area contributed by atoms with Gasteiger partial charge in [-0.05, 0) is 28.7 Å². The molecule has 5 heteroatoms. The number of carbonyl (C=O) groups is 2. The van der Waals surface area contributed by atoms with Crippen LogP contribution in [-0.2, 0) is 20.7 Å². The van der Waals surface area contributed by atoms with Gasteiger partial charge in [-0.3, -0.25) is 4.79 Å². The quantitative estimate of drug-likeness (QED) is 0.564. The summed E-state index contributed by atoms with van der Waals surface area (Å²) in [6, 6.07) is 12.4. The number of hydrogen-bond donors (Lipinski definition) is 2. The van der Waals surface area contributed by atoms with Crippen LogP contribution in [-0.4, -0.2) is 30.6 Å². The summed E-state index contributed by atoms with van der Waals surface area (Å²) in [4.78, 5) is 24.6. The summed E-state index contributed by atoms with van der Waals surface area (Å²) >= 11 is 0. The molecule has 1 amide bonds. The third kappa shape index (κ3) is 4.92. The molecule has 5 nitrogen and oxygen atoms in total. The van der Waals surface area contributed by atoms with E-state index in [1.54, 1.807) is 0 Å². The van der Waals surface area contributed by atoms with Crippen molar-refractivity contribution in [2.24, 2.45) is 11.7 Å². The van der Waals surface area contributed by atoms with E-state index in [0.717, 1.165) is 16.3 Å². The predicted octanol–water partition coefficient (Wildman–Crippen LogP) is 2.58. The lowest BCUT2D eigenvalue weighted by atomic mass is 9.98. The zero-order chi connectivity index (χ0) is 19.1. The molecule has 2 aromatic rings. The Balaban J connectivity index is 2.08. The van der Waals surface area contributed by atoms with E-state index in [1.807, 2.05) is 56.3 Å². The molecule has 0 aromatic heterocycles. The monoisotopic (exact) mass is 354 g/mol. The van der Waals surface area contributed by atoms with Crippen LogP contribution in [0.3, 0.4) is 0 Å². The van der Waals surface area contributed by atoms with Crippen LogP contribution in [0.1, 0.15) is 19.4 Å². The Bertz CT molecular complexity index is 780. The second-order valence-electron chi connectivity index (χ2n) is 6.60. The molecule has 0 fully saturated rings. The van der Waals surface area contributed by atoms with Crippen molar-refractivity contribution in [3.63, 3.8) is 0 Å². The Labute approximate surface area is 154 Å².